The minimum Gasteiger partial charge on any atom is -0.394 e. The number of hydrogen-bond donors (Lipinski definition) is 3. The lowest BCUT2D eigenvalue weighted by Crippen LogP contribution is -2.42. The number of hydrogen-bond acceptors (Lipinski definition) is 4. The zero-order valence-corrected chi connectivity index (χ0v) is 7.87. The lowest BCUT2D eigenvalue weighted by molar-refractivity contribution is 0.147. The van der Waals surface area contributed by atoms with E-state index in [1.54, 1.807) is 6.92 Å². The molecule has 5 heteroatoms. The number of nitrogens with one attached hydrogen (secondary N) is 1. The van der Waals surface area contributed by atoms with Crippen LogP contribution in [0.2, 0.25) is 0 Å². The van der Waals surface area contributed by atoms with Gasteiger partial charge in [-0.05, 0) is 13.0 Å². The second kappa shape index (κ2) is 4.34. The fourth-order valence-electron chi connectivity index (χ4n) is 0.931. The van der Waals surface area contributed by atoms with Gasteiger partial charge < -0.3 is 15.5 Å². The van der Waals surface area contributed by atoms with Crippen LogP contribution in [-0.4, -0.2) is 33.9 Å². The maximum Gasteiger partial charge on any atom is 0.164 e. The Morgan fingerprint density at radius 3 is 2.64 bits per heavy atom. The van der Waals surface area contributed by atoms with Crippen molar-refractivity contribution in [1.82, 2.24) is 4.98 Å². The summed E-state index contributed by atoms with van der Waals surface area (Å²) in [4.78, 5) is 3.59. The first-order valence-electron chi connectivity index (χ1n) is 4.21. The monoisotopic (exact) mass is 200 g/mol. The van der Waals surface area contributed by atoms with Crippen molar-refractivity contribution in [3.05, 3.63) is 24.3 Å². The van der Waals surface area contributed by atoms with Crippen molar-refractivity contribution in [2.45, 2.75) is 12.5 Å². The number of anilines is 1. The minimum absolute atomic E-state index is 0.214. The number of nitrogens with zero attached hydrogens (tertiary/aromatic N) is 1. The maximum atomic E-state index is 13.1. The molecule has 0 saturated heterocycles. The SMILES string of the molecule is CC(CO)(CO)Nc1ccncc1F. The van der Waals surface area contributed by atoms with Gasteiger partial charge in [0, 0.05) is 6.20 Å². The molecule has 0 amide bonds. The van der Waals surface area contributed by atoms with Gasteiger partial charge in [-0.1, -0.05) is 0 Å². The number of pyridine rings is 1. The third-order valence-corrected chi connectivity index (χ3v) is 1.91. The van der Waals surface area contributed by atoms with Crippen molar-refractivity contribution in [2.75, 3.05) is 18.5 Å². The number of rotatable bonds is 4. The molecule has 78 valence electrons. The summed E-state index contributed by atoms with van der Waals surface area (Å²) in [5, 5.41) is 20.7. The molecule has 1 aromatic rings. The van der Waals surface area contributed by atoms with E-state index in [2.05, 4.69) is 10.3 Å². The molecule has 3 N–H and O–H groups in total. The average molecular weight is 200 g/mol. The van der Waals surface area contributed by atoms with E-state index in [4.69, 9.17) is 10.2 Å². The zero-order valence-electron chi connectivity index (χ0n) is 7.87. The van der Waals surface area contributed by atoms with Crippen molar-refractivity contribution in [1.29, 1.82) is 0 Å². The van der Waals surface area contributed by atoms with Crippen LogP contribution in [-0.2, 0) is 0 Å². The van der Waals surface area contributed by atoms with E-state index in [0.29, 0.717) is 0 Å². The Morgan fingerprint density at radius 1 is 1.50 bits per heavy atom. The summed E-state index contributed by atoms with van der Waals surface area (Å²) in [7, 11) is 0. The molecule has 0 aliphatic carbocycles. The molecule has 0 atom stereocenters. The largest absolute Gasteiger partial charge is 0.394 e. The number of aliphatic hydroxyl groups excluding tert-OH is 2. The van der Waals surface area contributed by atoms with Gasteiger partial charge in [-0.15, -0.1) is 0 Å². The topological polar surface area (TPSA) is 65.4 Å². The van der Waals surface area contributed by atoms with E-state index in [0.717, 1.165) is 6.20 Å². The van der Waals surface area contributed by atoms with E-state index in [1.807, 2.05) is 0 Å². The van der Waals surface area contributed by atoms with E-state index in [1.165, 1.54) is 12.3 Å². The molecular weight excluding hydrogens is 187 g/mol. The van der Waals surface area contributed by atoms with Gasteiger partial charge in [0.15, 0.2) is 5.82 Å². The highest BCUT2D eigenvalue weighted by Crippen LogP contribution is 2.17. The Labute approximate surface area is 81.4 Å². The summed E-state index contributed by atoms with van der Waals surface area (Å²) in [5.41, 5.74) is -0.715. The van der Waals surface area contributed by atoms with Crippen LogP contribution in [0.25, 0.3) is 0 Å². The molecule has 0 radical (unpaired) electrons. The molecule has 0 aromatic carbocycles. The summed E-state index contributed by atoms with van der Waals surface area (Å²) < 4.78 is 13.1. The van der Waals surface area contributed by atoms with Gasteiger partial charge in [0.1, 0.15) is 0 Å². The Kier molecular flexibility index (Phi) is 3.38. The van der Waals surface area contributed by atoms with Crippen LogP contribution in [0.3, 0.4) is 0 Å². The second-order valence-electron chi connectivity index (χ2n) is 3.36. The third-order valence-electron chi connectivity index (χ3n) is 1.91. The van der Waals surface area contributed by atoms with E-state index in [9.17, 15) is 4.39 Å². The van der Waals surface area contributed by atoms with Crippen LogP contribution in [0, 0.1) is 5.82 Å². The highest BCUT2D eigenvalue weighted by atomic mass is 19.1. The van der Waals surface area contributed by atoms with E-state index < -0.39 is 11.4 Å². The van der Waals surface area contributed by atoms with Gasteiger partial charge in [-0.2, -0.15) is 0 Å². The normalized spacial score (nSPS) is 11.4. The second-order valence-corrected chi connectivity index (χ2v) is 3.36. The average Bonchev–Trinajstić information content (AvgIpc) is 2.21. The molecule has 1 aromatic heterocycles. The predicted octanol–water partition coefficient (Wildman–Crippen LogP) is 0.376. The van der Waals surface area contributed by atoms with Crippen molar-refractivity contribution < 1.29 is 14.6 Å². The Morgan fingerprint density at radius 2 is 2.14 bits per heavy atom. The Hall–Kier alpha value is -1.20. The minimum atomic E-state index is -0.928. The van der Waals surface area contributed by atoms with Crippen LogP contribution < -0.4 is 5.32 Å². The first-order valence-corrected chi connectivity index (χ1v) is 4.21. The number of aromatic nitrogens is 1. The molecule has 14 heavy (non-hydrogen) atoms. The van der Waals surface area contributed by atoms with Crippen LogP contribution >= 0.6 is 0 Å². The Bertz CT molecular complexity index is 303. The Balaban J connectivity index is 2.82. The highest BCUT2D eigenvalue weighted by Gasteiger charge is 2.22. The van der Waals surface area contributed by atoms with Gasteiger partial charge in [0.2, 0.25) is 0 Å². The first kappa shape index (κ1) is 10.9. The van der Waals surface area contributed by atoms with Gasteiger partial charge in [0.25, 0.3) is 0 Å². The van der Waals surface area contributed by atoms with E-state index >= 15 is 0 Å². The molecule has 1 rings (SSSR count). The molecule has 0 saturated carbocycles. The standard InChI is InChI=1S/C9H13FN2O2/c1-9(5-13,6-14)12-8-2-3-11-4-7(8)10/h2-4,13-14H,5-6H2,1H3,(H,11,12). The zero-order chi connectivity index (χ0) is 10.6. The van der Waals surface area contributed by atoms with Crippen LogP contribution in [0.15, 0.2) is 18.5 Å². The number of halogens is 1. The molecule has 1 heterocycles. The van der Waals surface area contributed by atoms with Crippen LogP contribution in [0.5, 0.6) is 0 Å². The molecule has 4 nitrogen and oxygen atoms in total. The predicted molar refractivity (Wildman–Crippen MR) is 50.4 cm³/mol. The summed E-state index contributed by atoms with van der Waals surface area (Å²) in [5.74, 6) is -0.513. The molecular formula is C9H13FN2O2. The molecule has 0 aliphatic heterocycles. The van der Waals surface area contributed by atoms with Crippen molar-refractivity contribution in [2.24, 2.45) is 0 Å². The third kappa shape index (κ3) is 2.40. The molecule has 0 unspecified atom stereocenters. The first-order chi connectivity index (χ1) is 6.61. The summed E-state index contributed by atoms with van der Waals surface area (Å²) in [6.45, 7) is 1.02. The van der Waals surface area contributed by atoms with Crippen molar-refractivity contribution in [3.63, 3.8) is 0 Å². The van der Waals surface area contributed by atoms with Crippen molar-refractivity contribution in [3.8, 4) is 0 Å². The van der Waals surface area contributed by atoms with E-state index in [-0.39, 0.29) is 18.9 Å². The molecule has 0 aliphatic rings. The smallest absolute Gasteiger partial charge is 0.164 e. The highest BCUT2D eigenvalue weighted by molar-refractivity contribution is 5.45. The maximum absolute atomic E-state index is 13.1. The van der Waals surface area contributed by atoms with Crippen LogP contribution in [0.4, 0.5) is 10.1 Å². The molecule has 0 fully saturated rings. The number of aliphatic hydroxyl groups is 2. The summed E-state index contributed by atoms with van der Waals surface area (Å²) in [6, 6.07) is 1.44. The molecule has 0 bridgehead atoms. The van der Waals surface area contributed by atoms with Crippen LogP contribution in [0.1, 0.15) is 6.92 Å². The summed E-state index contributed by atoms with van der Waals surface area (Å²) in [6.07, 6.45) is 2.50. The fraction of sp³-hybridized carbons (Fsp3) is 0.444. The summed E-state index contributed by atoms with van der Waals surface area (Å²) >= 11 is 0. The van der Waals surface area contributed by atoms with Gasteiger partial charge >= 0.3 is 0 Å². The van der Waals surface area contributed by atoms with Crippen molar-refractivity contribution >= 4 is 5.69 Å². The van der Waals surface area contributed by atoms with Gasteiger partial charge in [-0.3, -0.25) is 4.98 Å². The lowest BCUT2D eigenvalue weighted by atomic mass is 10.1. The lowest BCUT2D eigenvalue weighted by Gasteiger charge is -2.27. The van der Waals surface area contributed by atoms with Gasteiger partial charge in [-0.25, -0.2) is 4.39 Å². The van der Waals surface area contributed by atoms with Gasteiger partial charge in [0.05, 0.1) is 30.6 Å². The fourth-order valence-corrected chi connectivity index (χ4v) is 0.931. The molecule has 0 spiro atoms. The quantitative estimate of drug-likeness (QED) is 0.657.